The van der Waals surface area contributed by atoms with Crippen molar-refractivity contribution in [2.45, 2.75) is 38.5 Å². The maximum atomic E-state index is 14.1. The minimum atomic E-state index is -2.77. The molecule has 1 atom stereocenters. The summed E-state index contributed by atoms with van der Waals surface area (Å²) in [6.07, 6.45) is 2.68. The van der Waals surface area contributed by atoms with Gasteiger partial charge in [0.25, 0.3) is 11.8 Å². The highest BCUT2D eigenvalue weighted by Gasteiger charge is 2.51. The lowest BCUT2D eigenvalue weighted by molar-refractivity contribution is -0.138. The summed E-state index contributed by atoms with van der Waals surface area (Å²) in [6.45, 7) is 4.82. The molecule has 2 N–H and O–H groups in total. The lowest BCUT2D eigenvalue weighted by Gasteiger charge is -2.41. The van der Waals surface area contributed by atoms with E-state index < -0.39 is 17.2 Å². The molecule has 1 saturated carbocycles. The molecule has 0 bridgehead atoms. The van der Waals surface area contributed by atoms with Gasteiger partial charge in [0.05, 0.1) is 0 Å². The van der Waals surface area contributed by atoms with Crippen molar-refractivity contribution in [2.75, 3.05) is 11.9 Å². The summed E-state index contributed by atoms with van der Waals surface area (Å²) in [4.78, 5) is 23.4. The Morgan fingerprint density at radius 2 is 1.83 bits per heavy atom. The molecule has 0 aromatic heterocycles. The summed E-state index contributed by atoms with van der Waals surface area (Å²) in [7, 11) is 0. The van der Waals surface area contributed by atoms with Crippen LogP contribution in [0.5, 0.6) is 0 Å². The van der Waals surface area contributed by atoms with Crippen LogP contribution in [0.4, 0.5) is 14.5 Å². The van der Waals surface area contributed by atoms with E-state index in [2.05, 4.69) is 17.2 Å². The maximum Gasteiger partial charge on any atom is 0.255 e. The number of anilines is 1. The molecule has 6 heteroatoms. The summed E-state index contributed by atoms with van der Waals surface area (Å²) in [6, 6.07) is 6.23. The van der Waals surface area contributed by atoms with Crippen LogP contribution in [0.2, 0.25) is 0 Å². The number of hydrogen-bond donors (Lipinski definition) is 2. The van der Waals surface area contributed by atoms with Crippen LogP contribution in [0, 0.1) is 5.41 Å². The molecule has 2 amide bonds. The van der Waals surface area contributed by atoms with Gasteiger partial charge in [-0.25, -0.2) is 8.78 Å². The Kier molecular flexibility index (Phi) is 5.36. The summed E-state index contributed by atoms with van der Waals surface area (Å²) in [5.41, 5.74) is -0.324. The molecule has 2 rings (SSSR count). The fraction of sp³-hybridized carbons (Fsp3) is 0.444. The van der Waals surface area contributed by atoms with Crippen molar-refractivity contribution in [3.05, 3.63) is 42.5 Å². The Labute approximate surface area is 140 Å². The summed E-state index contributed by atoms with van der Waals surface area (Å²) in [5.74, 6) is -3.52. The molecule has 1 unspecified atom stereocenters. The molecule has 1 aliphatic rings. The van der Waals surface area contributed by atoms with Gasteiger partial charge < -0.3 is 10.6 Å². The topological polar surface area (TPSA) is 58.2 Å². The highest BCUT2D eigenvalue weighted by atomic mass is 19.3. The van der Waals surface area contributed by atoms with Crippen molar-refractivity contribution < 1.29 is 18.4 Å². The van der Waals surface area contributed by atoms with E-state index in [9.17, 15) is 18.4 Å². The molecule has 1 fully saturated rings. The van der Waals surface area contributed by atoms with E-state index in [-0.39, 0.29) is 18.9 Å². The van der Waals surface area contributed by atoms with Crippen LogP contribution in [0.1, 0.15) is 43.0 Å². The van der Waals surface area contributed by atoms with E-state index in [0.717, 1.165) is 12.5 Å². The third kappa shape index (κ3) is 3.99. The smallest absolute Gasteiger partial charge is 0.255 e. The van der Waals surface area contributed by atoms with Gasteiger partial charge in [0.1, 0.15) is 0 Å². The molecule has 0 saturated heterocycles. The zero-order valence-electron chi connectivity index (χ0n) is 13.7. The van der Waals surface area contributed by atoms with E-state index in [1.807, 2.05) is 0 Å². The molecular weight excluding hydrogens is 314 g/mol. The number of carbonyl (C=O) groups excluding carboxylic acids is 2. The third-order valence-electron chi connectivity index (χ3n) is 4.59. The molecule has 4 nitrogen and oxygen atoms in total. The first-order chi connectivity index (χ1) is 11.3. The quantitative estimate of drug-likeness (QED) is 0.805. The van der Waals surface area contributed by atoms with Crippen molar-refractivity contribution >= 4 is 17.5 Å². The van der Waals surface area contributed by atoms with Crippen LogP contribution < -0.4 is 10.6 Å². The zero-order chi connectivity index (χ0) is 17.8. The van der Waals surface area contributed by atoms with Crippen molar-refractivity contribution in [3.8, 4) is 0 Å². The molecule has 24 heavy (non-hydrogen) atoms. The normalized spacial score (nSPS) is 22.5. The van der Waals surface area contributed by atoms with Gasteiger partial charge in [-0.2, -0.15) is 0 Å². The number of amides is 2. The number of alkyl halides is 2. The maximum absolute atomic E-state index is 14.1. The number of rotatable bonds is 5. The second-order valence-corrected chi connectivity index (χ2v) is 6.43. The average molecular weight is 336 g/mol. The largest absolute Gasteiger partial charge is 0.351 e. The van der Waals surface area contributed by atoms with Crippen molar-refractivity contribution in [1.82, 2.24) is 5.32 Å². The average Bonchev–Trinajstić information content (AvgIpc) is 2.56. The van der Waals surface area contributed by atoms with E-state index in [4.69, 9.17) is 0 Å². The summed E-state index contributed by atoms with van der Waals surface area (Å²) in [5, 5.41) is 5.18. The fourth-order valence-corrected chi connectivity index (χ4v) is 2.84. The third-order valence-corrected chi connectivity index (χ3v) is 4.59. The minimum Gasteiger partial charge on any atom is -0.351 e. The van der Waals surface area contributed by atoms with Gasteiger partial charge in [0, 0.05) is 29.6 Å². The van der Waals surface area contributed by atoms with Gasteiger partial charge in [-0.1, -0.05) is 19.9 Å². The minimum absolute atomic E-state index is 0.0617. The van der Waals surface area contributed by atoms with Crippen molar-refractivity contribution in [2.24, 2.45) is 5.41 Å². The van der Waals surface area contributed by atoms with Crippen molar-refractivity contribution in [1.29, 1.82) is 0 Å². The van der Waals surface area contributed by atoms with Gasteiger partial charge in [-0.15, -0.1) is 0 Å². The molecule has 0 spiro atoms. The number of nitrogens with one attached hydrogen (secondary N) is 2. The molecule has 0 heterocycles. The van der Waals surface area contributed by atoms with Gasteiger partial charge in [-0.3, -0.25) is 9.59 Å². The van der Waals surface area contributed by atoms with Crippen LogP contribution in [-0.2, 0) is 4.79 Å². The number of benzene rings is 1. The Bertz CT molecular complexity index is 628. The van der Waals surface area contributed by atoms with Gasteiger partial charge in [0.15, 0.2) is 0 Å². The number of halogens is 2. The molecular formula is C18H22F2N2O2. The van der Waals surface area contributed by atoms with Gasteiger partial charge in [0.2, 0.25) is 5.91 Å². The Morgan fingerprint density at radius 3 is 2.42 bits per heavy atom. The molecule has 130 valence electrons. The standard InChI is InChI=1S/C18H22F2N2O2/c1-3-15(23)22-14-8-6-13(7-9-14)16(24)21-12-17(2)10-4-5-11-18(17,19)20/h3,6-9H,1,4-5,10-12H2,2H3,(H,21,24)(H,22,23). The van der Waals surface area contributed by atoms with Crippen LogP contribution in [0.25, 0.3) is 0 Å². The van der Waals surface area contributed by atoms with Gasteiger partial charge in [-0.05, 0) is 43.2 Å². The van der Waals surface area contributed by atoms with Crippen LogP contribution >= 0.6 is 0 Å². The molecule has 1 aromatic carbocycles. The SMILES string of the molecule is C=CC(=O)Nc1ccc(C(=O)NCC2(C)CCCCC2(F)F)cc1. The predicted octanol–water partition coefficient (Wildman–Crippen LogP) is 3.76. The molecule has 0 aliphatic heterocycles. The van der Waals surface area contributed by atoms with Crippen LogP contribution in [0.15, 0.2) is 36.9 Å². The zero-order valence-corrected chi connectivity index (χ0v) is 13.7. The van der Waals surface area contributed by atoms with E-state index in [1.54, 1.807) is 12.1 Å². The summed E-state index contributed by atoms with van der Waals surface area (Å²) >= 11 is 0. The van der Waals surface area contributed by atoms with Crippen LogP contribution in [-0.4, -0.2) is 24.3 Å². The van der Waals surface area contributed by atoms with E-state index >= 15 is 0 Å². The molecule has 0 radical (unpaired) electrons. The van der Waals surface area contributed by atoms with Gasteiger partial charge >= 0.3 is 0 Å². The lowest BCUT2D eigenvalue weighted by Crippen LogP contribution is -2.49. The Hall–Kier alpha value is -2.24. The van der Waals surface area contributed by atoms with E-state index in [0.29, 0.717) is 24.1 Å². The highest BCUT2D eigenvalue weighted by molar-refractivity contribution is 5.99. The van der Waals surface area contributed by atoms with E-state index in [1.165, 1.54) is 19.1 Å². The number of carbonyl (C=O) groups is 2. The second-order valence-electron chi connectivity index (χ2n) is 6.43. The van der Waals surface area contributed by atoms with Crippen molar-refractivity contribution in [3.63, 3.8) is 0 Å². The van der Waals surface area contributed by atoms with Crippen LogP contribution in [0.3, 0.4) is 0 Å². The number of hydrogen-bond acceptors (Lipinski definition) is 2. The second kappa shape index (κ2) is 7.11. The predicted molar refractivity (Wildman–Crippen MR) is 89.1 cm³/mol. The first kappa shape index (κ1) is 18.1. The fourth-order valence-electron chi connectivity index (χ4n) is 2.84. The molecule has 1 aromatic rings. The highest BCUT2D eigenvalue weighted by Crippen LogP contribution is 2.47. The monoisotopic (exact) mass is 336 g/mol. The first-order valence-electron chi connectivity index (χ1n) is 7.97. The first-order valence-corrected chi connectivity index (χ1v) is 7.97. The molecule has 1 aliphatic carbocycles. The Morgan fingerprint density at radius 1 is 1.21 bits per heavy atom. The summed E-state index contributed by atoms with van der Waals surface area (Å²) < 4.78 is 28.2. The lowest BCUT2D eigenvalue weighted by atomic mass is 9.72. The Balaban J connectivity index is 1.97.